The van der Waals surface area contributed by atoms with Gasteiger partial charge >= 0.3 is 5.97 Å². The molecule has 1 atom stereocenters. The number of amides is 1. The number of esters is 1. The summed E-state index contributed by atoms with van der Waals surface area (Å²) in [5, 5.41) is 0. The van der Waals surface area contributed by atoms with Crippen molar-refractivity contribution in [2.24, 2.45) is 0 Å². The summed E-state index contributed by atoms with van der Waals surface area (Å²) in [6.07, 6.45) is 0.778. The van der Waals surface area contributed by atoms with Crippen LogP contribution in [0.25, 0.3) is 0 Å². The van der Waals surface area contributed by atoms with Crippen LogP contribution in [0.2, 0.25) is 0 Å². The minimum atomic E-state index is -0.631. The minimum Gasteiger partial charge on any atom is -0.464 e. The van der Waals surface area contributed by atoms with Gasteiger partial charge in [0.25, 0.3) is 0 Å². The molecular formula is C19H19NO3. The first-order chi connectivity index (χ1) is 11.2. The highest BCUT2D eigenvalue weighted by atomic mass is 16.5. The molecule has 0 aromatic heterocycles. The van der Waals surface area contributed by atoms with Crippen LogP contribution in [-0.4, -0.2) is 24.5 Å². The quantitative estimate of drug-likeness (QED) is 0.798. The second-order valence-electron chi connectivity index (χ2n) is 5.53. The van der Waals surface area contributed by atoms with Gasteiger partial charge in [-0.2, -0.15) is 0 Å². The van der Waals surface area contributed by atoms with Gasteiger partial charge in [0.15, 0.2) is 0 Å². The van der Waals surface area contributed by atoms with E-state index in [-0.39, 0.29) is 11.9 Å². The van der Waals surface area contributed by atoms with Crippen LogP contribution < -0.4 is 4.90 Å². The number of anilines is 1. The summed E-state index contributed by atoms with van der Waals surface area (Å²) in [5.74, 6) is -0.415. The first kappa shape index (κ1) is 15.3. The molecule has 0 radical (unpaired) electrons. The van der Waals surface area contributed by atoms with Gasteiger partial charge in [-0.25, -0.2) is 4.79 Å². The van der Waals surface area contributed by atoms with Gasteiger partial charge in [0, 0.05) is 12.1 Å². The third kappa shape index (κ3) is 3.11. The summed E-state index contributed by atoms with van der Waals surface area (Å²) in [5.41, 5.74) is 2.77. The number of hydrogen-bond donors (Lipinski definition) is 0. The number of carbonyl (C=O) groups is 2. The van der Waals surface area contributed by atoms with Crippen LogP contribution in [0.5, 0.6) is 0 Å². The average Bonchev–Trinajstić information content (AvgIpc) is 2.89. The van der Waals surface area contributed by atoms with Crippen LogP contribution >= 0.6 is 0 Å². The Morgan fingerprint density at radius 1 is 1.13 bits per heavy atom. The Morgan fingerprint density at radius 2 is 1.83 bits per heavy atom. The molecule has 118 valence electrons. The highest BCUT2D eigenvalue weighted by molar-refractivity contribution is 6.05. The Labute approximate surface area is 135 Å². The van der Waals surface area contributed by atoms with Gasteiger partial charge in [-0.05, 0) is 24.1 Å². The fourth-order valence-corrected chi connectivity index (χ4v) is 2.98. The summed E-state index contributed by atoms with van der Waals surface area (Å²) in [4.78, 5) is 26.6. The molecule has 0 saturated carbocycles. The van der Waals surface area contributed by atoms with E-state index < -0.39 is 6.04 Å². The van der Waals surface area contributed by atoms with Crippen LogP contribution in [0.15, 0.2) is 54.6 Å². The smallest absolute Gasteiger partial charge is 0.329 e. The van der Waals surface area contributed by atoms with Gasteiger partial charge in [-0.15, -0.1) is 0 Å². The van der Waals surface area contributed by atoms with E-state index in [4.69, 9.17) is 4.74 Å². The lowest BCUT2D eigenvalue weighted by molar-refractivity contribution is -0.145. The Morgan fingerprint density at radius 3 is 2.57 bits per heavy atom. The molecule has 4 nitrogen and oxygen atoms in total. The minimum absolute atomic E-state index is 0.0554. The van der Waals surface area contributed by atoms with Crippen molar-refractivity contribution in [3.63, 3.8) is 0 Å². The topological polar surface area (TPSA) is 46.6 Å². The molecule has 23 heavy (non-hydrogen) atoms. The van der Waals surface area contributed by atoms with E-state index in [1.165, 1.54) is 0 Å². The largest absolute Gasteiger partial charge is 0.464 e. The third-order valence-electron chi connectivity index (χ3n) is 4.00. The van der Waals surface area contributed by atoms with Crippen molar-refractivity contribution >= 4 is 17.6 Å². The van der Waals surface area contributed by atoms with Gasteiger partial charge < -0.3 is 4.74 Å². The Kier molecular flexibility index (Phi) is 4.42. The molecule has 1 amide bonds. The molecule has 2 aromatic carbocycles. The maximum Gasteiger partial charge on any atom is 0.329 e. The number of carbonyl (C=O) groups excluding carboxylic acids is 2. The highest BCUT2D eigenvalue weighted by Crippen LogP contribution is 2.31. The van der Waals surface area contributed by atoms with Crippen molar-refractivity contribution in [1.29, 1.82) is 0 Å². The van der Waals surface area contributed by atoms with E-state index in [0.717, 1.165) is 16.8 Å². The molecule has 1 unspecified atom stereocenters. The number of rotatable bonds is 5. The van der Waals surface area contributed by atoms with Crippen molar-refractivity contribution in [3.8, 4) is 0 Å². The Balaban J connectivity index is 1.95. The zero-order valence-electron chi connectivity index (χ0n) is 13.1. The summed E-state index contributed by atoms with van der Waals surface area (Å²) in [6.45, 7) is 2.07. The molecule has 0 spiro atoms. The second kappa shape index (κ2) is 6.65. The first-order valence-corrected chi connectivity index (χ1v) is 7.81. The monoisotopic (exact) mass is 309 g/mol. The number of hydrogen-bond acceptors (Lipinski definition) is 3. The molecule has 0 fully saturated rings. The molecule has 0 saturated heterocycles. The van der Waals surface area contributed by atoms with Gasteiger partial charge in [0.1, 0.15) is 6.04 Å². The van der Waals surface area contributed by atoms with E-state index in [1.54, 1.807) is 11.8 Å². The van der Waals surface area contributed by atoms with Crippen molar-refractivity contribution in [2.75, 3.05) is 11.5 Å². The van der Waals surface area contributed by atoms with Gasteiger partial charge in [0.05, 0.1) is 13.0 Å². The molecule has 1 aliphatic rings. The van der Waals surface area contributed by atoms with E-state index in [9.17, 15) is 9.59 Å². The SMILES string of the molecule is CCOC(=O)C(Cc1ccccc1)N1C(=O)Cc2ccccc21. The van der Waals surface area contributed by atoms with E-state index in [2.05, 4.69) is 0 Å². The Hall–Kier alpha value is -2.62. The zero-order chi connectivity index (χ0) is 16.2. The van der Waals surface area contributed by atoms with Gasteiger partial charge in [-0.1, -0.05) is 48.5 Å². The van der Waals surface area contributed by atoms with E-state index in [1.807, 2.05) is 54.6 Å². The number of benzene rings is 2. The number of ether oxygens (including phenoxy) is 1. The predicted octanol–water partition coefficient (Wildman–Crippen LogP) is 2.75. The average molecular weight is 309 g/mol. The molecule has 1 heterocycles. The first-order valence-electron chi connectivity index (χ1n) is 7.81. The highest BCUT2D eigenvalue weighted by Gasteiger charge is 2.37. The standard InChI is InChI=1S/C19H19NO3/c1-2-23-19(22)17(12-14-8-4-3-5-9-14)20-16-11-7-6-10-15(16)13-18(20)21/h3-11,17H,2,12-13H2,1H3. The fraction of sp³-hybridized carbons (Fsp3) is 0.263. The van der Waals surface area contributed by atoms with Crippen molar-refractivity contribution in [3.05, 3.63) is 65.7 Å². The van der Waals surface area contributed by atoms with Crippen molar-refractivity contribution in [2.45, 2.75) is 25.8 Å². The van der Waals surface area contributed by atoms with E-state index in [0.29, 0.717) is 19.4 Å². The number of nitrogens with zero attached hydrogens (tertiary/aromatic N) is 1. The van der Waals surface area contributed by atoms with Crippen LogP contribution in [0.3, 0.4) is 0 Å². The molecule has 0 aliphatic carbocycles. The lowest BCUT2D eigenvalue weighted by Crippen LogP contribution is -2.45. The summed E-state index contributed by atoms with van der Waals surface area (Å²) in [7, 11) is 0. The van der Waals surface area contributed by atoms with Crippen molar-refractivity contribution in [1.82, 2.24) is 0 Å². The zero-order valence-corrected chi connectivity index (χ0v) is 13.1. The lowest BCUT2D eigenvalue weighted by atomic mass is 10.0. The van der Waals surface area contributed by atoms with Crippen LogP contribution in [0, 0.1) is 0 Å². The molecule has 1 aliphatic heterocycles. The third-order valence-corrected chi connectivity index (χ3v) is 4.00. The molecule has 4 heteroatoms. The maximum atomic E-state index is 12.5. The molecule has 0 bridgehead atoms. The van der Waals surface area contributed by atoms with Gasteiger partial charge in [-0.3, -0.25) is 9.69 Å². The van der Waals surface area contributed by atoms with Crippen molar-refractivity contribution < 1.29 is 14.3 Å². The van der Waals surface area contributed by atoms with Crippen LogP contribution in [-0.2, 0) is 27.2 Å². The number of para-hydroxylation sites is 1. The molecular weight excluding hydrogens is 290 g/mol. The molecule has 2 aromatic rings. The second-order valence-corrected chi connectivity index (χ2v) is 5.53. The van der Waals surface area contributed by atoms with Gasteiger partial charge in [0.2, 0.25) is 5.91 Å². The summed E-state index contributed by atoms with van der Waals surface area (Å²) < 4.78 is 5.22. The molecule has 3 rings (SSSR count). The summed E-state index contributed by atoms with van der Waals surface area (Å²) >= 11 is 0. The molecule has 0 N–H and O–H groups in total. The number of fused-ring (bicyclic) bond motifs is 1. The normalized spacial score (nSPS) is 14.5. The Bertz CT molecular complexity index is 712. The van der Waals surface area contributed by atoms with Crippen LogP contribution in [0.1, 0.15) is 18.1 Å². The lowest BCUT2D eigenvalue weighted by Gasteiger charge is -2.27. The fourth-order valence-electron chi connectivity index (χ4n) is 2.98. The van der Waals surface area contributed by atoms with E-state index >= 15 is 0 Å². The maximum absolute atomic E-state index is 12.5. The predicted molar refractivity (Wildman–Crippen MR) is 88.2 cm³/mol. The van der Waals surface area contributed by atoms with Crippen LogP contribution in [0.4, 0.5) is 5.69 Å². The summed E-state index contributed by atoms with van der Waals surface area (Å²) in [6, 6.07) is 16.7.